The van der Waals surface area contributed by atoms with Crippen molar-refractivity contribution in [1.29, 1.82) is 0 Å². The highest BCUT2D eigenvalue weighted by Crippen LogP contribution is 2.23. The Morgan fingerprint density at radius 1 is 1.08 bits per heavy atom. The van der Waals surface area contributed by atoms with Crippen LogP contribution in [0.25, 0.3) is 0 Å². The molecule has 0 saturated carbocycles. The maximum Gasteiger partial charge on any atom is 0.0373 e. The molecular formula is C11H18ClN. The van der Waals surface area contributed by atoms with Crippen LogP contribution in [0.4, 0.5) is 5.69 Å². The fourth-order valence-electron chi connectivity index (χ4n) is 1.34. The summed E-state index contributed by atoms with van der Waals surface area (Å²) in [6, 6.07) is 4.35. The third-order valence-corrected chi connectivity index (χ3v) is 2.28. The van der Waals surface area contributed by atoms with E-state index in [2.05, 4.69) is 39.8 Å². The van der Waals surface area contributed by atoms with Gasteiger partial charge in [-0.05, 0) is 36.5 Å². The van der Waals surface area contributed by atoms with Crippen LogP contribution in [0, 0.1) is 13.8 Å². The fraction of sp³-hybridized carbons (Fsp3) is 0.455. The summed E-state index contributed by atoms with van der Waals surface area (Å²) in [6.45, 7) is 8.53. The predicted octanol–water partition coefficient (Wildman–Crippen LogP) is 3.43. The summed E-state index contributed by atoms with van der Waals surface area (Å²) in [4.78, 5) is 0. The summed E-state index contributed by atoms with van der Waals surface area (Å²) in [6.07, 6.45) is 0. The van der Waals surface area contributed by atoms with Crippen molar-refractivity contribution in [2.45, 2.75) is 33.6 Å². The topological polar surface area (TPSA) is 26.0 Å². The molecule has 13 heavy (non-hydrogen) atoms. The zero-order valence-corrected chi connectivity index (χ0v) is 9.53. The number of nitrogen functional groups attached to an aromatic ring is 1. The van der Waals surface area contributed by atoms with E-state index in [4.69, 9.17) is 5.73 Å². The summed E-state index contributed by atoms with van der Waals surface area (Å²) >= 11 is 0. The molecule has 1 aromatic rings. The lowest BCUT2D eigenvalue weighted by Crippen LogP contribution is -1.97. The van der Waals surface area contributed by atoms with Gasteiger partial charge in [0.1, 0.15) is 0 Å². The summed E-state index contributed by atoms with van der Waals surface area (Å²) in [5, 5.41) is 0. The molecule has 2 N–H and O–H groups in total. The van der Waals surface area contributed by atoms with E-state index >= 15 is 0 Å². The zero-order chi connectivity index (χ0) is 9.30. The number of anilines is 1. The monoisotopic (exact) mass is 199 g/mol. The van der Waals surface area contributed by atoms with Crippen LogP contribution in [-0.4, -0.2) is 0 Å². The van der Waals surface area contributed by atoms with Gasteiger partial charge in [0, 0.05) is 5.69 Å². The SMILES string of the molecule is Cc1cc(C(C)C)cc(C)c1N.Cl. The molecule has 0 radical (unpaired) electrons. The zero-order valence-electron chi connectivity index (χ0n) is 8.72. The molecule has 0 aliphatic carbocycles. The number of halogens is 1. The summed E-state index contributed by atoms with van der Waals surface area (Å²) < 4.78 is 0. The minimum Gasteiger partial charge on any atom is -0.398 e. The highest BCUT2D eigenvalue weighted by atomic mass is 35.5. The second-order valence-electron chi connectivity index (χ2n) is 3.72. The molecule has 74 valence electrons. The van der Waals surface area contributed by atoms with E-state index < -0.39 is 0 Å². The van der Waals surface area contributed by atoms with E-state index in [0.29, 0.717) is 5.92 Å². The van der Waals surface area contributed by atoms with Gasteiger partial charge in [-0.15, -0.1) is 12.4 Å². The lowest BCUT2D eigenvalue weighted by atomic mass is 9.97. The Morgan fingerprint density at radius 2 is 1.46 bits per heavy atom. The van der Waals surface area contributed by atoms with Gasteiger partial charge in [0.25, 0.3) is 0 Å². The Balaban J connectivity index is 0.00000144. The summed E-state index contributed by atoms with van der Waals surface area (Å²) in [5.74, 6) is 0.586. The Bertz CT molecular complexity index is 269. The van der Waals surface area contributed by atoms with Crippen LogP contribution < -0.4 is 5.73 Å². The molecular weight excluding hydrogens is 182 g/mol. The van der Waals surface area contributed by atoms with Crippen molar-refractivity contribution < 1.29 is 0 Å². The second-order valence-corrected chi connectivity index (χ2v) is 3.72. The molecule has 2 heteroatoms. The number of benzene rings is 1. The third-order valence-electron chi connectivity index (χ3n) is 2.28. The van der Waals surface area contributed by atoms with Gasteiger partial charge in [0.2, 0.25) is 0 Å². The van der Waals surface area contributed by atoms with Gasteiger partial charge in [-0.25, -0.2) is 0 Å². The predicted molar refractivity (Wildman–Crippen MR) is 61.7 cm³/mol. The lowest BCUT2D eigenvalue weighted by molar-refractivity contribution is 0.863. The van der Waals surface area contributed by atoms with E-state index in [0.717, 1.165) is 5.69 Å². The molecule has 0 fully saturated rings. The average molecular weight is 200 g/mol. The Hall–Kier alpha value is -0.690. The van der Waals surface area contributed by atoms with Crippen LogP contribution in [-0.2, 0) is 0 Å². The van der Waals surface area contributed by atoms with Gasteiger partial charge >= 0.3 is 0 Å². The van der Waals surface area contributed by atoms with Crippen molar-refractivity contribution in [3.05, 3.63) is 28.8 Å². The maximum absolute atomic E-state index is 5.85. The quantitative estimate of drug-likeness (QED) is 0.690. The molecule has 0 aromatic heterocycles. The summed E-state index contributed by atoms with van der Waals surface area (Å²) in [5.41, 5.74) is 10.5. The van der Waals surface area contributed by atoms with Crippen LogP contribution in [0.3, 0.4) is 0 Å². The minimum atomic E-state index is 0. The van der Waals surface area contributed by atoms with Crippen molar-refractivity contribution in [3.8, 4) is 0 Å². The summed E-state index contributed by atoms with van der Waals surface area (Å²) in [7, 11) is 0. The van der Waals surface area contributed by atoms with Crippen molar-refractivity contribution >= 4 is 18.1 Å². The number of nitrogens with two attached hydrogens (primary N) is 1. The fourth-order valence-corrected chi connectivity index (χ4v) is 1.34. The molecule has 0 atom stereocenters. The first-order valence-electron chi connectivity index (χ1n) is 4.39. The van der Waals surface area contributed by atoms with Gasteiger partial charge < -0.3 is 5.73 Å². The largest absolute Gasteiger partial charge is 0.398 e. The van der Waals surface area contributed by atoms with Crippen molar-refractivity contribution in [2.24, 2.45) is 0 Å². The standard InChI is InChI=1S/C11H17N.ClH/c1-7(2)10-5-8(3)11(12)9(4)6-10;/h5-7H,12H2,1-4H3;1H. The van der Waals surface area contributed by atoms with Crippen LogP contribution in [0.1, 0.15) is 36.5 Å². The van der Waals surface area contributed by atoms with E-state index in [-0.39, 0.29) is 12.4 Å². The number of hydrogen-bond donors (Lipinski definition) is 1. The number of aryl methyl sites for hydroxylation is 2. The van der Waals surface area contributed by atoms with E-state index in [1.54, 1.807) is 0 Å². The van der Waals surface area contributed by atoms with Gasteiger partial charge in [0.05, 0.1) is 0 Å². The van der Waals surface area contributed by atoms with Crippen LogP contribution in [0.2, 0.25) is 0 Å². The average Bonchev–Trinajstić information content (AvgIpc) is 1.99. The molecule has 0 heterocycles. The van der Waals surface area contributed by atoms with Crippen LogP contribution in [0.15, 0.2) is 12.1 Å². The van der Waals surface area contributed by atoms with Crippen molar-refractivity contribution in [1.82, 2.24) is 0 Å². The van der Waals surface area contributed by atoms with Crippen molar-refractivity contribution in [3.63, 3.8) is 0 Å². The highest BCUT2D eigenvalue weighted by molar-refractivity contribution is 5.85. The number of rotatable bonds is 1. The van der Waals surface area contributed by atoms with Gasteiger partial charge in [-0.1, -0.05) is 26.0 Å². The minimum absolute atomic E-state index is 0. The van der Waals surface area contributed by atoms with E-state index in [1.165, 1.54) is 16.7 Å². The molecule has 0 saturated heterocycles. The Morgan fingerprint density at radius 3 is 1.77 bits per heavy atom. The molecule has 0 unspecified atom stereocenters. The molecule has 0 aliphatic rings. The molecule has 0 aliphatic heterocycles. The molecule has 1 aromatic carbocycles. The second kappa shape index (κ2) is 4.52. The molecule has 0 amide bonds. The highest BCUT2D eigenvalue weighted by Gasteiger charge is 2.03. The Labute approximate surface area is 86.7 Å². The van der Waals surface area contributed by atoms with Gasteiger partial charge in [-0.3, -0.25) is 0 Å². The Kier molecular flexibility index (Phi) is 4.28. The van der Waals surface area contributed by atoms with Crippen molar-refractivity contribution in [2.75, 3.05) is 5.73 Å². The maximum atomic E-state index is 5.85. The molecule has 0 bridgehead atoms. The van der Waals surface area contributed by atoms with Gasteiger partial charge in [-0.2, -0.15) is 0 Å². The molecule has 0 spiro atoms. The first-order valence-corrected chi connectivity index (χ1v) is 4.39. The van der Waals surface area contributed by atoms with E-state index in [9.17, 15) is 0 Å². The normalized spacial score (nSPS) is 9.92. The third kappa shape index (κ3) is 2.63. The van der Waals surface area contributed by atoms with E-state index in [1.807, 2.05) is 0 Å². The smallest absolute Gasteiger partial charge is 0.0373 e. The van der Waals surface area contributed by atoms with Gasteiger partial charge in [0.15, 0.2) is 0 Å². The first-order chi connectivity index (χ1) is 5.52. The first kappa shape index (κ1) is 12.3. The lowest BCUT2D eigenvalue weighted by Gasteiger charge is -2.10. The van der Waals surface area contributed by atoms with Crippen LogP contribution in [0.5, 0.6) is 0 Å². The molecule has 1 nitrogen and oxygen atoms in total. The number of hydrogen-bond acceptors (Lipinski definition) is 1. The molecule has 1 rings (SSSR count). The van der Waals surface area contributed by atoms with Crippen LogP contribution >= 0.6 is 12.4 Å².